The number of nitrogens with zero attached hydrogens (tertiary/aromatic N) is 1. The van der Waals surface area contributed by atoms with E-state index in [0.29, 0.717) is 5.69 Å². The Balaban J connectivity index is 2.27. The quantitative estimate of drug-likeness (QED) is 0.784. The van der Waals surface area contributed by atoms with Crippen molar-refractivity contribution >= 4 is 49.7 Å². The highest BCUT2D eigenvalue weighted by Crippen LogP contribution is 2.20. The molecule has 3 nitrogen and oxygen atoms in total. The second-order valence-corrected chi connectivity index (χ2v) is 5.65. The van der Waals surface area contributed by atoms with Crippen LogP contribution < -0.4 is 0 Å². The van der Waals surface area contributed by atoms with Gasteiger partial charge >= 0.3 is 5.97 Å². The highest BCUT2D eigenvalue weighted by molar-refractivity contribution is 9.11. The minimum atomic E-state index is -0.956. The Hall–Kier alpha value is -1.46. The number of halogens is 2. The summed E-state index contributed by atoms with van der Waals surface area (Å²) in [6.45, 7) is 0. The SMILES string of the molecule is O=C(O)c1cccc(N=Cc2cc(Br)cc(Br)c2)c1. The number of aromatic carboxylic acids is 1. The van der Waals surface area contributed by atoms with Gasteiger partial charge in [-0.1, -0.05) is 37.9 Å². The highest BCUT2D eigenvalue weighted by atomic mass is 79.9. The van der Waals surface area contributed by atoms with Crippen LogP contribution in [0.5, 0.6) is 0 Å². The van der Waals surface area contributed by atoms with Crippen LogP contribution in [0.25, 0.3) is 0 Å². The molecule has 0 aliphatic carbocycles. The molecule has 0 aliphatic rings. The van der Waals surface area contributed by atoms with E-state index in [0.717, 1.165) is 14.5 Å². The lowest BCUT2D eigenvalue weighted by molar-refractivity contribution is 0.0697. The van der Waals surface area contributed by atoms with Crippen LogP contribution in [0.2, 0.25) is 0 Å². The number of carbonyl (C=O) groups is 1. The minimum Gasteiger partial charge on any atom is -0.478 e. The highest BCUT2D eigenvalue weighted by Gasteiger charge is 2.02. The molecule has 2 rings (SSSR count). The van der Waals surface area contributed by atoms with E-state index in [-0.39, 0.29) is 5.56 Å². The Morgan fingerprint density at radius 1 is 1.11 bits per heavy atom. The summed E-state index contributed by atoms with van der Waals surface area (Å²) < 4.78 is 1.89. The predicted molar refractivity (Wildman–Crippen MR) is 82.5 cm³/mol. The molecule has 0 spiro atoms. The summed E-state index contributed by atoms with van der Waals surface area (Å²) in [5.74, 6) is -0.956. The second kappa shape index (κ2) is 6.12. The molecule has 0 unspecified atom stereocenters. The molecule has 0 bridgehead atoms. The molecular formula is C14H9Br2NO2. The molecule has 2 aromatic rings. The maximum Gasteiger partial charge on any atom is 0.335 e. The van der Waals surface area contributed by atoms with E-state index in [2.05, 4.69) is 36.9 Å². The lowest BCUT2D eigenvalue weighted by atomic mass is 10.2. The third-order valence-electron chi connectivity index (χ3n) is 2.34. The van der Waals surface area contributed by atoms with Gasteiger partial charge in [0.15, 0.2) is 0 Å². The van der Waals surface area contributed by atoms with Crippen LogP contribution in [0.1, 0.15) is 15.9 Å². The van der Waals surface area contributed by atoms with Crippen LogP contribution in [0.15, 0.2) is 56.4 Å². The third-order valence-corrected chi connectivity index (χ3v) is 3.26. The van der Waals surface area contributed by atoms with Crippen molar-refractivity contribution in [1.82, 2.24) is 0 Å². The number of aliphatic imine (C=N–C) groups is 1. The van der Waals surface area contributed by atoms with Gasteiger partial charge in [0.05, 0.1) is 11.3 Å². The summed E-state index contributed by atoms with van der Waals surface area (Å²) in [7, 11) is 0. The Bertz CT molecular complexity index is 633. The van der Waals surface area contributed by atoms with E-state index in [9.17, 15) is 4.79 Å². The molecule has 96 valence electrons. The van der Waals surface area contributed by atoms with Gasteiger partial charge in [-0.15, -0.1) is 0 Å². The Labute approximate surface area is 127 Å². The van der Waals surface area contributed by atoms with Gasteiger partial charge in [0.25, 0.3) is 0 Å². The second-order valence-electron chi connectivity index (χ2n) is 3.82. The van der Waals surface area contributed by atoms with Crippen LogP contribution in [0.4, 0.5) is 5.69 Å². The van der Waals surface area contributed by atoms with E-state index in [1.807, 2.05) is 18.2 Å². The largest absolute Gasteiger partial charge is 0.478 e. The molecule has 2 aromatic carbocycles. The van der Waals surface area contributed by atoms with Crippen molar-refractivity contribution in [2.45, 2.75) is 0 Å². The zero-order valence-electron chi connectivity index (χ0n) is 9.68. The van der Waals surface area contributed by atoms with Gasteiger partial charge < -0.3 is 5.11 Å². The van der Waals surface area contributed by atoms with Gasteiger partial charge in [0.1, 0.15) is 0 Å². The fraction of sp³-hybridized carbons (Fsp3) is 0. The summed E-state index contributed by atoms with van der Waals surface area (Å²) in [4.78, 5) is 15.1. The molecule has 1 N–H and O–H groups in total. The molecule has 0 amide bonds. The maximum absolute atomic E-state index is 10.9. The summed E-state index contributed by atoms with van der Waals surface area (Å²) in [6.07, 6.45) is 1.69. The van der Waals surface area contributed by atoms with E-state index in [1.165, 1.54) is 12.1 Å². The first-order chi connectivity index (χ1) is 9.04. The number of rotatable bonds is 3. The van der Waals surface area contributed by atoms with Crippen LogP contribution >= 0.6 is 31.9 Å². The van der Waals surface area contributed by atoms with Crippen LogP contribution in [-0.4, -0.2) is 17.3 Å². The number of benzene rings is 2. The first-order valence-electron chi connectivity index (χ1n) is 5.38. The van der Waals surface area contributed by atoms with Gasteiger partial charge in [-0.2, -0.15) is 0 Å². The van der Waals surface area contributed by atoms with Crippen molar-refractivity contribution in [3.63, 3.8) is 0 Å². The minimum absolute atomic E-state index is 0.227. The molecule has 5 heteroatoms. The first kappa shape index (κ1) is 14.0. The van der Waals surface area contributed by atoms with Crippen molar-refractivity contribution in [2.24, 2.45) is 4.99 Å². The molecule has 0 saturated carbocycles. The average molecular weight is 383 g/mol. The van der Waals surface area contributed by atoms with E-state index in [4.69, 9.17) is 5.11 Å². The molecule has 0 aliphatic heterocycles. The lowest BCUT2D eigenvalue weighted by Gasteiger charge is -1.99. The van der Waals surface area contributed by atoms with E-state index >= 15 is 0 Å². The number of hydrogen-bond donors (Lipinski definition) is 1. The normalized spacial score (nSPS) is 10.8. The Kier molecular flexibility index (Phi) is 4.50. The van der Waals surface area contributed by atoms with Crippen molar-refractivity contribution in [3.05, 3.63) is 62.5 Å². The van der Waals surface area contributed by atoms with Crippen molar-refractivity contribution in [3.8, 4) is 0 Å². The zero-order valence-corrected chi connectivity index (χ0v) is 12.8. The van der Waals surface area contributed by atoms with Crippen molar-refractivity contribution < 1.29 is 9.90 Å². The van der Waals surface area contributed by atoms with Gasteiger partial charge in [0, 0.05) is 15.2 Å². The molecule has 19 heavy (non-hydrogen) atoms. The molecule has 0 radical (unpaired) electrons. The summed E-state index contributed by atoms with van der Waals surface area (Å²) >= 11 is 6.80. The average Bonchev–Trinajstić information content (AvgIpc) is 2.35. The summed E-state index contributed by atoms with van der Waals surface area (Å²) in [5.41, 5.74) is 1.75. The molecule has 0 fully saturated rings. The smallest absolute Gasteiger partial charge is 0.335 e. The van der Waals surface area contributed by atoms with Crippen molar-refractivity contribution in [2.75, 3.05) is 0 Å². The number of carboxylic acids is 1. The molecule has 0 aromatic heterocycles. The van der Waals surface area contributed by atoms with Gasteiger partial charge in [-0.3, -0.25) is 4.99 Å². The summed E-state index contributed by atoms with van der Waals surface area (Å²) in [6, 6.07) is 12.3. The Morgan fingerprint density at radius 3 is 2.42 bits per heavy atom. The first-order valence-corrected chi connectivity index (χ1v) is 6.97. The third kappa shape index (κ3) is 4.01. The van der Waals surface area contributed by atoms with E-state index < -0.39 is 5.97 Å². The molecule has 0 heterocycles. The van der Waals surface area contributed by atoms with Crippen LogP contribution in [0, 0.1) is 0 Å². The predicted octanol–water partition coefficient (Wildman–Crippen LogP) is 4.66. The monoisotopic (exact) mass is 381 g/mol. The lowest BCUT2D eigenvalue weighted by Crippen LogP contribution is -1.94. The van der Waals surface area contributed by atoms with Gasteiger partial charge in [-0.25, -0.2) is 4.79 Å². The fourth-order valence-corrected chi connectivity index (χ4v) is 2.85. The molecule has 0 atom stereocenters. The molecule has 0 saturated heterocycles. The van der Waals surface area contributed by atoms with Gasteiger partial charge in [-0.05, 0) is 42.0 Å². The fourth-order valence-electron chi connectivity index (χ4n) is 1.52. The maximum atomic E-state index is 10.9. The zero-order chi connectivity index (χ0) is 13.8. The van der Waals surface area contributed by atoms with Gasteiger partial charge in [0.2, 0.25) is 0 Å². The van der Waals surface area contributed by atoms with Crippen LogP contribution in [0.3, 0.4) is 0 Å². The topological polar surface area (TPSA) is 49.7 Å². The standard InChI is InChI=1S/C14H9Br2NO2/c15-11-4-9(5-12(16)7-11)8-17-13-3-1-2-10(6-13)14(18)19/h1-8H,(H,18,19). The van der Waals surface area contributed by atoms with Crippen LogP contribution in [-0.2, 0) is 0 Å². The molecular weight excluding hydrogens is 374 g/mol. The van der Waals surface area contributed by atoms with E-state index in [1.54, 1.807) is 18.3 Å². The number of carboxylic acid groups (broad SMARTS) is 1. The number of hydrogen-bond acceptors (Lipinski definition) is 2. The summed E-state index contributed by atoms with van der Waals surface area (Å²) in [5, 5.41) is 8.90. The Morgan fingerprint density at radius 2 is 1.79 bits per heavy atom. The van der Waals surface area contributed by atoms with Crippen molar-refractivity contribution in [1.29, 1.82) is 0 Å².